The zero-order chi connectivity index (χ0) is 15.8. The summed E-state index contributed by atoms with van der Waals surface area (Å²) in [6, 6.07) is 0. The monoisotopic (exact) mass is 348 g/mol. The van der Waals surface area contributed by atoms with E-state index in [4.69, 9.17) is 4.74 Å². The lowest BCUT2D eigenvalue weighted by molar-refractivity contribution is -0.129. The van der Waals surface area contributed by atoms with Gasteiger partial charge in [-0.3, -0.25) is 9.59 Å². The summed E-state index contributed by atoms with van der Waals surface area (Å²) in [6.07, 6.45) is 1.28. The van der Waals surface area contributed by atoms with Crippen molar-refractivity contribution >= 4 is 24.2 Å². The van der Waals surface area contributed by atoms with E-state index in [0.717, 1.165) is 39.1 Å². The average molecular weight is 349 g/mol. The molecule has 2 fully saturated rings. The van der Waals surface area contributed by atoms with E-state index >= 15 is 0 Å². The fourth-order valence-corrected chi connectivity index (χ4v) is 2.96. The number of rotatable bonds is 8. The molecule has 0 spiro atoms. The number of ether oxygens (including phenoxy) is 1. The zero-order valence-corrected chi connectivity index (χ0v) is 14.7. The van der Waals surface area contributed by atoms with E-state index < -0.39 is 0 Å². The van der Waals surface area contributed by atoms with Crippen LogP contribution < -0.4 is 10.6 Å². The van der Waals surface area contributed by atoms with E-state index in [1.165, 1.54) is 0 Å². The van der Waals surface area contributed by atoms with Gasteiger partial charge in [0.05, 0.1) is 12.5 Å². The predicted octanol–water partition coefficient (Wildman–Crippen LogP) is -0.685. The molecule has 0 aromatic rings. The van der Waals surface area contributed by atoms with Gasteiger partial charge in [0.1, 0.15) is 0 Å². The molecule has 2 heterocycles. The van der Waals surface area contributed by atoms with Crippen LogP contribution in [0.5, 0.6) is 0 Å². The minimum atomic E-state index is -0.205. The summed E-state index contributed by atoms with van der Waals surface area (Å²) in [6.45, 7) is 7.58. The van der Waals surface area contributed by atoms with E-state index in [1.807, 2.05) is 0 Å². The van der Waals surface area contributed by atoms with E-state index in [0.29, 0.717) is 32.7 Å². The van der Waals surface area contributed by atoms with E-state index in [1.54, 1.807) is 12.0 Å². The molecule has 0 bridgehead atoms. The standard InChI is InChI=1S/C15H28N4O3.ClH/c1-22-10-9-19-12-13(11-14(19)20)15(21)17-3-2-6-18-7-4-16-5-8-18;/h13,16H,2-12H2,1H3,(H,17,21);1H. The highest BCUT2D eigenvalue weighted by Gasteiger charge is 2.33. The van der Waals surface area contributed by atoms with Crippen LogP contribution in [0.2, 0.25) is 0 Å². The van der Waals surface area contributed by atoms with Gasteiger partial charge in [-0.1, -0.05) is 0 Å². The highest BCUT2D eigenvalue weighted by Crippen LogP contribution is 2.17. The lowest BCUT2D eigenvalue weighted by Gasteiger charge is -2.27. The van der Waals surface area contributed by atoms with Gasteiger partial charge in [-0.05, 0) is 13.0 Å². The topological polar surface area (TPSA) is 73.9 Å². The summed E-state index contributed by atoms with van der Waals surface area (Å²) in [7, 11) is 1.61. The molecule has 23 heavy (non-hydrogen) atoms. The second kappa shape index (κ2) is 10.8. The van der Waals surface area contributed by atoms with Crippen molar-refractivity contribution in [1.29, 1.82) is 0 Å². The van der Waals surface area contributed by atoms with Crippen molar-refractivity contribution in [2.75, 3.05) is 66.1 Å². The smallest absolute Gasteiger partial charge is 0.225 e. The van der Waals surface area contributed by atoms with Crippen molar-refractivity contribution in [3.05, 3.63) is 0 Å². The quantitative estimate of drug-likeness (QED) is 0.568. The highest BCUT2D eigenvalue weighted by atomic mass is 35.5. The number of hydrogen-bond acceptors (Lipinski definition) is 5. The van der Waals surface area contributed by atoms with Crippen LogP contribution in [-0.4, -0.2) is 87.7 Å². The molecular formula is C15H29ClN4O3. The Bertz CT molecular complexity index is 378. The number of nitrogens with zero attached hydrogens (tertiary/aromatic N) is 2. The van der Waals surface area contributed by atoms with Crippen LogP contribution in [0.3, 0.4) is 0 Å². The molecule has 1 unspecified atom stereocenters. The van der Waals surface area contributed by atoms with Gasteiger partial charge >= 0.3 is 0 Å². The molecule has 0 aromatic heterocycles. The Kier molecular flexibility index (Phi) is 9.47. The first-order valence-corrected chi connectivity index (χ1v) is 8.18. The third-order valence-electron chi connectivity index (χ3n) is 4.31. The van der Waals surface area contributed by atoms with Gasteiger partial charge in [-0.25, -0.2) is 0 Å². The van der Waals surface area contributed by atoms with Gasteiger partial charge in [0.25, 0.3) is 0 Å². The number of nitrogens with one attached hydrogen (secondary N) is 2. The summed E-state index contributed by atoms with van der Waals surface area (Å²) >= 11 is 0. The fraction of sp³-hybridized carbons (Fsp3) is 0.867. The Balaban J connectivity index is 0.00000264. The van der Waals surface area contributed by atoms with E-state index in [9.17, 15) is 9.59 Å². The third kappa shape index (κ3) is 6.63. The van der Waals surface area contributed by atoms with Crippen LogP contribution in [0, 0.1) is 5.92 Å². The number of likely N-dealkylation sites (tertiary alicyclic amines) is 1. The maximum atomic E-state index is 12.1. The van der Waals surface area contributed by atoms with Crippen molar-refractivity contribution in [2.24, 2.45) is 5.92 Å². The fourth-order valence-electron chi connectivity index (χ4n) is 2.96. The Labute approximate surface area is 144 Å². The predicted molar refractivity (Wildman–Crippen MR) is 90.7 cm³/mol. The molecule has 0 aliphatic carbocycles. The molecule has 8 heteroatoms. The van der Waals surface area contributed by atoms with Crippen LogP contribution in [0.4, 0.5) is 0 Å². The summed E-state index contributed by atoms with van der Waals surface area (Å²) in [5.74, 6) is -0.143. The summed E-state index contributed by atoms with van der Waals surface area (Å²) in [4.78, 5) is 28.1. The van der Waals surface area contributed by atoms with Gasteiger partial charge in [0.15, 0.2) is 0 Å². The SMILES string of the molecule is COCCN1CC(C(=O)NCCCN2CCNCC2)CC1=O.Cl. The van der Waals surface area contributed by atoms with Crippen molar-refractivity contribution in [3.8, 4) is 0 Å². The Morgan fingerprint density at radius 1 is 1.35 bits per heavy atom. The van der Waals surface area contributed by atoms with Crippen molar-refractivity contribution in [3.63, 3.8) is 0 Å². The number of methoxy groups -OCH3 is 1. The van der Waals surface area contributed by atoms with E-state index in [-0.39, 0.29) is 30.1 Å². The Hall–Kier alpha value is -0.890. The average Bonchev–Trinajstić information content (AvgIpc) is 2.91. The maximum Gasteiger partial charge on any atom is 0.225 e. The molecule has 0 aromatic carbocycles. The van der Waals surface area contributed by atoms with Crippen LogP contribution in [-0.2, 0) is 14.3 Å². The highest BCUT2D eigenvalue weighted by molar-refractivity contribution is 5.89. The van der Waals surface area contributed by atoms with Crippen molar-refractivity contribution < 1.29 is 14.3 Å². The number of hydrogen-bond donors (Lipinski definition) is 2. The van der Waals surface area contributed by atoms with Gasteiger partial charge in [0, 0.05) is 59.3 Å². The van der Waals surface area contributed by atoms with Crippen LogP contribution in [0.1, 0.15) is 12.8 Å². The molecule has 7 nitrogen and oxygen atoms in total. The van der Waals surface area contributed by atoms with Crippen LogP contribution >= 0.6 is 12.4 Å². The lowest BCUT2D eigenvalue weighted by Crippen LogP contribution is -2.44. The Morgan fingerprint density at radius 3 is 2.78 bits per heavy atom. The normalized spacial score (nSPS) is 22.0. The van der Waals surface area contributed by atoms with Gasteiger partial charge < -0.3 is 25.2 Å². The number of amides is 2. The summed E-state index contributed by atoms with van der Waals surface area (Å²) < 4.78 is 4.98. The molecule has 0 saturated carbocycles. The first-order chi connectivity index (χ1) is 10.7. The summed E-state index contributed by atoms with van der Waals surface area (Å²) in [5, 5.41) is 6.30. The minimum absolute atomic E-state index is 0. The van der Waals surface area contributed by atoms with E-state index in [2.05, 4.69) is 15.5 Å². The van der Waals surface area contributed by atoms with Crippen molar-refractivity contribution in [1.82, 2.24) is 20.4 Å². The van der Waals surface area contributed by atoms with Gasteiger partial charge in [-0.2, -0.15) is 0 Å². The van der Waals surface area contributed by atoms with Gasteiger partial charge in [0.2, 0.25) is 11.8 Å². The molecule has 2 aliphatic heterocycles. The third-order valence-corrected chi connectivity index (χ3v) is 4.31. The largest absolute Gasteiger partial charge is 0.383 e. The molecule has 2 aliphatic rings. The summed E-state index contributed by atoms with van der Waals surface area (Å²) in [5.41, 5.74) is 0. The maximum absolute atomic E-state index is 12.1. The lowest BCUT2D eigenvalue weighted by atomic mass is 10.1. The minimum Gasteiger partial charge on any atom is -0.383 e. The molecule has 2 amide bonds. The Morgan fingerprint density at radius 2 is 2.09 bits per heavy atom. The van der Waals surface area contributed by atoms with Gasteiger partial charge in [-0.15, -0.1) is 12.4 Å². The van der Waals surface area contributed by atoms with Crippen molar-refractivity contribution in [2.45, 2.75) is 12.8 Å². The molecular weight excluding hydrogens is 320 g/mol. The van der Waals surface area contributed by atoms with Crippen LogP contribution in [0.25, 0.3) is 0 Å². The molecule has 1 atom stereocenters. The zero-order valence-electron chi connectivity index (χ0n) is 13.9. The first kappa shape index (κ1) is 20.2. The molecule has 2 saturated heterocycles. The van der Waals surface area contributed by atoms with Crippen LogP contribution in [0.15, 0.2) is 0 Å². The molecule has 2 N–H and O–H groups in total. The molecule has 134 valence electrons. The second-order valence-electron chi connectivity index (χ2n) is 5.97. The number of halogens is 1. The number of carbonyl (C=O) groups excluding carboxylic acids is 2. The first-order valence-electron chi connectivity index (χ1n) is 8.18. The molecule has 0 radical (unpaired) electrons. The number of piperazine rings is 1. The molecule has 2 rings (SSSR count). The second-order valence-corrected chi connectivity index (χ2v) is 5.97. The number of carbonyl (C=O) groups is 2.